The van der Waals surface area contributed by atoms with Crippen LogP contribution in [0.4, 0.5) is 11.8 Å². The number of unbranched alkanes of at least 4 members (excludes halogenated alkanes) is 1. The Morgan fingerprint density at radius 3 is 2.85 bits per heavy atom. The van der Waals surface area contributed by atoms with Crippen molar-refractivity contribution < 1.29 is 5.11 Å². The third-order valence-electron chi connectivity index (χ3n) is 5.88. The van der Waals surface area contributed by atoms with Crippen molar-refractivity contribution in [2.45, 2.75) is 51.6 Å². The highest BCUT2D eigenvalue weighted by Gasteiger charge is 2.25. The molecule has 0 aliphatic rings. The maximum absolute atomic E-state index is 12.1. The Kier molecular flexibility index (Phi) is 8.36. The highest BCUT2D eigenvalue weighted by Crippen LogP contribution is 2.29. The molecule has 182 valence electrons. The van der Waals surface area contributed by atoms with Crippen LogP contribution in [0.2, 0.25) is 0 Å². The predicted molar refractivity (Wildman–Crippen MR) is 138 cm³/mol. The molecule has 9 heteroatoms. The van der Waals surface area contributed by atoms with Crippen LogP contribution in [0.25, 0.3) is 22.2 Å². The molecule has 0 unspecified atom stereocenters. The maximum Gasteiger partial charge on any atom is 0.248 e. The van der Waals surface area contributed by atoms with Crippen molar-refractivity contribution in [3.63, 3.8) is 0 Å². The first-order valence-electron chi connectivity index (χ1n) is 11.6. The second-order valence-electron chi connectivity index (χ2n) is 9.02. The average Bonchev–Trinajstić information content (AvgIpc) is 2.82. The Hall–Kier alpha value is -3.30. The van der Waals surface area contributed by atoms with Gasteiger partial charge in [0, 0.05) is 37.1 Å². The van der Waals surface area contributed by atoms with E-state index in [0.29, 0.717) is 23.4 Å². The third kappa shape index (κ3) is 6.18. The topological polar surface area (TPSA) is 133 Å². The van der Waals surface area contributed by atoms with Crippen LogP contribution in [0, 0.1) is 0 Å². The summed E-state index contributed by atoms with van der Waals surface area (Å²) < 4.78 is 0. The van der Waals surface area contributed by atoms with Crippen LogP contribution in [-0.4, -0.2) is 55.7 Å². The first-order chi connectivity index (χ1) is 16.3. The molecular formula is C25H35N7O2. The minimum Gasteiger partial charge on any atom is -0.394 e. The molecule has 0 spiro atoms. The van der Waals surface area contributed by atoms with Gasteiger partial charge in [0.25, 0.3) is 0 Å². The third-order valence-corrected chi connectivity index (χ3v) is 5.88. The van der Waals surface area contributed by atoms with Gasteiger partial charge in [0.15, 0.2) is 5.82 Å². The lowest BCUT2D eigenvalue weighted by Crippen LogP contribution is -2.39. The molecule has 0 aromatic carbocycles. The smallest absolute Gasteiger partial charge is 0.248 e. The minimum atomic E-state index is -0.556. The van der Waals surface area contributed by atoms with Crippen molar-refractivity contribution >= 4 is 22.8 Å². The van der Waals surface area contributed by atoms with E-state index in [1.807, 2.05) is 26.1 Å². The second-order valence-corrected chi connectivity index (χ2v) is 9.02. The first kappa shape index (κ1) is 25.3. The summed E-state index contributed by atoms with van der Waals surface area (Å²) in [5.41, 5.74) is 8.93. The highest BCUT2D eigenvalue weighted by atomic mass is 16.3. The summed E-state index contributed by atoms with van der Waals surface area (Å²) in [4.78, 5) is 30.5. The molecule has 0 aliphatic carbocycles. The van der Waals surface area contributed by atoms with Crippen molar-refractivity contribution in [1.29, 1.82) is 0 Å². The number of pyridine rings is 2. The molecule has 1 atom stereocenters. The predicted octanol–water partition coefficient (Wildman–Crippen LogP) is 3.32. The molecule has 0 saturated heterocycles. The number of hydrogen-bond acceptors (Lipinski definition) is 8. The number of nitrogens with zero attached hydrogens (tertiary/aromatic N) is 4. The lowest BCUT2D eigenvalue weighted by atomic mass is 9.96. The fraction of sp³-hybridized carbons (Fsp3) is 0.440. The Labute approximate surface area is 200 Å². The summed E-state index contributed by atoms with van der Waals surface area (Å²) in [5, 5.41) is 13.3. The van der Waals surface area contributed by atoms with Gasteiger partial charge in [-0.15, -0.1) is 6.58 Å². The number of rotatable bonds is 12. The van der Waals surface area contributed by atoms with Gasteiger partial charge in [0.1, 0.15) is 5.52 Å². The van der Waals surface area contributed by atoms with Crippen LogP contribution in [-0.2, 0) is 6.54 Å². The molecule has 0 fully saturated rings. The molecule has 0 saturated carbocycles. The van der Waals surface area contributed by atoms with Crippen LogP contribution in [0.5, 0.6) is 0 Å². The van der Waals surface area contributed by atoms with Gasteiger partial charge in [-0.1, -0.05) is 25.8 Å². The van der Waals surface area contributed by atoms with Crippen molar-refractivity contribution in [3.8, 4) is 11.1 Å². The van der Waals surface area contributed by atoms with E-state index in [4.69, 9.17) is 5.73 Å². The normalized spacial score (nSPS) is 13.2. The van der Waals surface area contributed by atoms with Gasteiger partial charge in [-0.05, 0) is 44.0 Å². The standard InChI is InChI=1S/C25H35N7O2/c1-5-7-9-25(3,16-33)31-23-22-20(29-24(26)30-23)11-17(13-28-22)19-12-21(34)27-14-18(19)15-32(4)10-8-6-2/h6,11-14,33H,2,5,7-10,15-16H2,1,3-4H3,(H,27,34)(H3,26,29,30,31)/t25-/m1/s1. The van der Waals surface area contributed by atoms with Crippen LogP contribution < -0.4 is 16.6 Å². The molecule has 3 heterocycles. The van der Waals surface area contributed by atoms with E-state index in [2.05, 4.69) is 43.7 Å². The number of fused-ring (bicyclic) bond motifs is 1. The van der Waals surface area contributed by atoms with Gasteiger partial charge in [-0.25, -0.2) is 4.98 Å². The number of aliphatic hydroxyl groups is 1. The molecule has 0 radical (unpaired) electrons. The van der Waals surface area contributed by atoms with Crippen molar-refractivity contribution in [2.75, 3.05) is 31.2 Å². The number of aromatic nitrogens is 4. The number of nitrogens with one attached hydrogen (secondary N) is 2. The SMILES string of the molecule is C=CCCN(C)Cc1c[nH]c(=O)cc1-c1cnc2c(N[C@@](C)(CO)CCCC)nc(N)nc2c1. The summed E-state index contributed by atoms with van der Waals surface area (Å²) in [5.74, 6) is 0.594. The Morgan fingerprint density at radius 2 is 2.15 bits per heavy atom. The summed E-state index contributed by atoms with van der Waals surface area (Å²) >= 11 is 0. The van der Waals surface area contributed by atoms with E-state index in [1.54, 1.807) is 18.5 Å². The van der Waals surface area contributed by atoms with Gasteiger partial charge >= 0.3 is 0 Å². The van der Waals surface area contributed by atoms with E-state index < -0.39 is 5.54 Å². The Bertz CT molecular complexity index is 1190. The molecule has 5 N–H and O–H groups in total. The molecule has 3 aromatic rings. The van der Waals surface area contributed by atoms with Crippen LogP contribution in [0.15, 0.2) is 42.0 Å². The zero-order valence-electron chi connectivity index (χ0n) is 20.3. The minimum absolute atomic E-state index is 0.0496. The number of H-pyrrole nitrogens is 1. The second kappa shape index (κ2) is 11.2. The Balaban J connectivity index is 2.01. The maximum atomic E-state index is 12.1. The van der Waals surface area contributed by atoms with Crippen LogP contribution in [0.3, 0.4) is 0 Å². The zero-order valence-corrected chi connectivity index (χ0v) is 20.3. The average molecular weight is 466 g/mol. The fourth-order valence-electron chi connectivity index (χ4n) is 3.89. The van der Waals surface area contributed by atoms with E-state index in [9.17, 15) is 9.90 Å². The van der Waals surface area contributed by atoms with Gasteiger partial charge in [0.05, 0.1) is 17.7 Å². The number of anilines is 2. The lowest BCUT2D eigenvalue weighted by Gasteiger charge is -2.29. The molecule has 0 bridgehead atoms. The molecule has 9 nitrogen and oxygen atoms in total. The summed E-state index contributed by atoms with van der Waals surface area (Å²) in [6.07, 6.45) is 8.99. The monoisotopic (exact) mass is 465 g/mol. The van der Waals surface area contributed by atoms with Crippen molar-refractivity contribution in [2.24, 2.45) is 0 Å². The number of aliphatic hydroxyl groups excluding tert-OH is 1. The number of hydrogen-bond donors (Lipinski definition) is 4. The van der Waals surface area contributed by atoms with Gasteiger partial charge < -0.3 is 26.0 Å². The lowest BCUT2D eigenvalue weighted by molar-refractivity contribution is 0.212. The van der Waals surface area contributed by atoms with Crippen LogP contribution >= 0.6 is 0 Å². The molecule has 34 heavy (non-hydrogen) atoms. The van der Waals surface area contributed by atoms with Gasteiger partial charge in [0.2, 0.25) is 11.5 Å². The van der Waals surface area contributed by atoms with E-state index in [0.717, 1.165) is 48.9 Å². The van der Waals surface area contributed by atoms with Crippen molar-refractivity contribution in [3.05, 3.63) is 53.1 Å². The summed E-state index contributed by atoms with van der Waals surface area (Å²) in [7, 11) is 2.03. The highest BCUT2D eigenvalue weighted by molar-refractivity contribution is 5.89. The zero-order chi connectivity index (χ0) is 24.7. The van der Waals surface area contributed by atoms with E-state index >= 15 is 0 Å². The quantitative estimate of drug-likeness (QED) is 0.299. The van der Waals surface area contributed by atoms with E-state index in [-0.39, 0.29) is 18.1 Å². The Morgan fingerprint density at radius 1 is 1.35 bits per heavy atom. The summed E-state index contributed by atoms with van der Waals surface area (Å²) in [6.45, 7) is 9.30. The largest absolute Gasteiger partial charge is 0.394 e. The fourth-order valence-corrected chi connectivity index (χ4v) is 3.89. The molecule has 0 amide bonds. The van der Waals surface area contributed by atoms with Gasteiger partial charge in [-0.2, -0.15) is 4.98 Å². The number of nitrogens with two attached hydrogens (primary N) is 1. The molecule has 3 aromatic heterocycles. The van der Waals surface area contributed by atoms with Gasteiger partial charge in [-0.3, -0.25) is 9.78 Å². The number of nitrogen functional groups attached to an aromatic ring is 1. The van der Waals surface area contributed by atoms with Crippen molar-refractivity contribution in [1.82, 2.24) is 24.8 Å². The summed E-state index contributed by atoms with van der Waals surface area (Å²) in [6, 6.07) is 3.45. The first-order valence-corrected chi connectivity index (χ1v) is 11.6. The molecule has 0 aliphatic heterocycles. The van der Waals surface area contributed by atoms with E-state index in [1.165, 1.54) is 0 Å². The molecular weight excluding hydrogens is 430 g/mol. The molecule has 3 rings (SSSR count). The number of aromatic amines is 1. The van der Waals surface area contributed by atoms with Crippen LogP contribution in [0.1, 0.15) is 45.1 Å².